The number of hydrazone groups is 1. The van der Waals surface area contributed by atoms with Crippen molar-refractivity contribution in [1.29, 1.82) is 0 Å². The number of aliphatic carboxylic acids is 1. The smallest absolute Gasteiger partial charge is 0.360 e. The second-order valence-electron chi connectivity index (χ2n) is 3.71. The van der Waals surface area contributed by atoms with Crippen molar-refractivity contribution in [2.24, 2.45) is 5.10 Å². The maximum absolute atomic E-state index is 11.4. The SMILES string of the molecule is O=C(O)C1=NN(c2cccc(S(=O)(=O)O)c2)CC1=O. The van der Waals surface area contributed by atoms with E-state index in [2.05, 4.69) is 5.10 Å². The monoisotopic (exact) mass is 284 g/mol. The Kier molecular flexibility index (Phi) is 3.08. The van der Waals surface area contributed by atoms with E-state index in [1.165, 1.54) is 18.2 Å². The van der Waals surface area contributed by atoms with E-state index < -0.39 is 27.6 Å². The van der Waals surface area contributed by atoms with Crippen LogP contribution < -0.4 is 5.01 Å². The van der Waals surface area contributed by atoms with Crippen molar-refractivity contribution in [3.63, 3.8) is 0 Å². The summed E-state index contributed by atoms with van der Waals surface area (Å²) in [4.78, 5) is 21.7. The van der Waals surface area contributed by atoms with E-state index in [1.54, 1.807) is 0 Å². The topological polar surface area (TPSA) is 124 Å². The van der Waals surface area contributed by atoms with Gasteiger partial charge in [0, 0.05) is 0 Å². The number of anilines is 1. The Hall–Kier alpha value is -2.26. The number of nitrogens with zero attached hydrogens (tertiary/aromatic N) is 2. The lowest BCUT2D eigenvalue weighted by molar-refractivity contribution is -0.130. The molecule has 100 valence electrons. The summed E-state index contributed by atoms with van der Waals surface area (Å²) in [6.07, 6.45) is 0. The molecule has 1 aliphatic rings. The summed E-state index contributed by atoms with van der Waals surface area (Å²) in [7, 11) is -4.37. The molecule has 1 aromatic carbocycles. The molecule has 19 heavy (non-hydrogen) atoms. The van der Waals surface area contributed by atoms with Crippen LogP contribution in [0.3, 0.4) is 0 Å². The molecule has 8 nitrogen and oxygen atoms in total. The second-order valence-corrected chi connectivity index (χ2v) is 5.13. The minimum Gasteiger partial charge on any atom is -0.476 e. The van der Waals surface area contributed by atoms with Crippen molar-refractivity contribution in [3.8, 4) is 0 Å². The van der Waals surface area contributed by atoms with Crippen molar-refractivity contribution in [3.05, 3.63) is 24.3 Å². The highest BCUT2D eigenvalue weighted by Gasteiger charge is 2.30. The molecular formula is C10H8N2O6S. The van der Waals surface area contributed by atoms with Crippen molar-refractivity contribution in [1.82, 2.24) is 0 Å². The molecule has 0 saturated heterocycles. The van der Waals surface area contributed by atoms with Crippen LogP contribution in [0.5, 0.6) is 0 Å². The molecule has 0 aromatic heterocycles. The van der Waals surface area contributed by atoms with E-state index in [-0.39, 0.29) is 17.1 Å². The number of Topliss-reactive ketones (excluding diaryl/α,β-unsaturated/α-hetero) is 1. The molecular weight excluding hydrogens is 276 g/mol. The predicted octanol–water partition coefficient (Wildman–Crippen LogP) is -0.237. The Morgan fingerprint density at radius 3 is 2.58 bits per heavy atom. The van der Waals surface area contributed by atoms with Crippen LogP contribution in [0.25, 0.3) is 0 Å². The Morgan fingerprint density at radius 1 is 1.37 bits per heavy atom. The Balaban J connectivity index is 2.40. The molecule has 0 atom stereocenters. The average Bonchev–Trinajstić information content (AvgIpc) is 2.70. The van der Waals surface area contributed by atoms with Gasteiger partial charge in [-0.2, -0.15) is 13.5 Å². The van der Waals surface area contributed by atoms with E-state index in [1.807, 2.05) is 0 Å². The van der Waals surface area contributed by atoms with Gasteiger partial charge in [0.05, 0.1) is 10.6 Å². The Bertz CT molecular complexity index is 694. The highest BCUT2D eigenvalue weighted by molar-refractivity contribution is 7.85. The van der Waals surface area contributed by atoms with E-state index >= 15 is 0 Å². The highest BCUT2D eigenvalue weighted by atomic mass is 32.2. The molecule has 0 bridgehead atoms. The number of ketones is 1. The zero-order chi connectivity index (χ0) is 14.2. The molecule has 1 aromatic rings. The van der Waals surface area contributed by atoms with Crippen LogP contribution in [0.4, 0.5) is 5.69 Å². The molecule has 0 aliphatic carbocycles. The molecule has 2 rings (SSSR count). The van der Waals surface area contributed by atoms with Gasteiger partial charge in [-0.05, 0) is 18.2 Å². The maximum Gasteiger partial charge on any atom is 0.360 e. The van der Waals surface area contributed by atoms with Crippen LogP contribution in [0, 0.1) is 0 Å². The Labute approximate surface area is 107 Å². The third-order valence-electron chi connectivity index (χ3n) is 2.39. The first-order valence-corrected chi connectivity index (χ1v) is 6.43. The molecule has 2 N–H and O–H groups in total. The number of carboxylic acids is 1. The summed E-state index contributed by atoms with van der Waals surface area (Å²) < 4.78 is 30.9. The van der Waals surface area contributed by atoms with Gasteiger partial charge in [-0.3, -0.25) is 14.4 Å². The van der Waals surface area contributed by atoms with Crippen molar-refractivity contribution >= 4 is 33.3 Å². The number of carbonyl (C=O) groups excluding carboxylic acids is 1. The molecule has 0 spiro atoms. The first-order valence-electron chi connectivity index (χ1n) is 4.99. The molecule has 0 fully saturated rings. The zero-order valence-electron chi connectivity index (χ0n) is 9.35. The minimum atomic E-state index is -4.37. The number of benzene rings is 1. The summed E-state index contributed by atoms with van der Waals surface area (Å²) in [6, 6.07) is 5.04. The molecule has 1 aliphatic heterocycles. The van der Waals surface area contributed by atoms with E-state index in [0.29, 0.717) is 0 Å². The highest BCUT2D eigenvalue weighted by Crippen LogP contribution is 2.21. The van der Waals surface area contributed by atoms with Gasteiger partial charge in [-0.25, -0.2) is 4.79 Å². The quantitative estimate of drug-likeness (QED) is 0.734. The van der Waals surface area contributed by atoms with Gasteiger partial charge in [-0.1, -0.05) is 6.07 Å². The molecule has 0 unspecified atom stereocenters. The van der Waals surface area contributed by atoms with Crippen molar-refractivity contribution in [2.45, 2.75) is 4.90 Å². The number of carboxylic acid groups (broad SMARTS) is 1. The zero-order valence-corrected chi connectivity index (χ0v) is 10.2. The van der Waals surface area contributed by atoms with Crippen LogP contribution >= 0.6 is 0 Å². The van der Waals surface area contributed by atoms with Gasteiger partial charge in [-0.15, -0.1) is 0 Å². The molecule has 1 heterocycles. The predicted molar refractivity (Wildman–Crippen MR) is 63.7 cm³/mol. The van der Waals surface area contributed by atoms with Gasteiger partial charge >= 0.3 is 5.97 Å². The second kappa shape index (κ2) is 4.44. The molecule has 0 radical (unpaired) electrons. The number of rotatable bonds is 3. The van der Waals surface area contributed by atoms with Gasteiger partial charge in [0.1, 0.15) is 6.54 Å². The minimum absolute atomic E-state index is 0.194. The Morgan fingerprint density at radius 2 is 2.05 bits per heavy atom. The lowest BCUT2D eigenvalue weighted by atomic mass is 10.2. The molecule has 9 heteroatoms. The van der Waals surface area contributed by atoms with Gasteiger partial charge in [0.25, 0.3) is 10.1 Å². The summed E-state index contributed by atoms with van der Waals surface area (Å²) in [5.74, 6) is -2.12. The average molecular weight is 284 g/mol. The normalized spacial score (nSPS) is 15.5. The van der Waals surface area contributed by atoms with E-state index in [4.69, 9.17) is 9.66 Å². The summed E-state index contributed by atoms with van der Waals surface area (Å²) in [6.45, 7) is -0.295. The fourth-order valence-corrected chi connectivity index (χ4v) is 2.06. The first kappa shape index (κ1) is 13.2. The molecule has 0 saturated carbocycles. The third-order valence-corrected chi connectivity index (χ3v) is 3.24. The van der Waals surface area contributed by atoms with E-state index in [9.17, 15) is 18.0 Å². The summed E-state index contributed by atoms with van der Waals surface area (Å²) >= 11 is 0. The largest absolute Gasteiger partial charge is 0.476 e. The lowest BCUT2D eigenvalue weighted by Gasteiger charge is -2.12. The van der Waals surface area contributed by atoms with Crippen molar-refractivity contribution in [2.75, 3.05) is 11.6 Å². The fraction of sp³-hybridized carbons (Fsp3) is 0.100. The van der Waals surface area contributed by atoms with Crippen LogP contribution in [0.15, 0.2) is 34.3 Å². The third kappa shape index (κ3) is 2.61. The standard InChI is InChI=1S/C10H8N2O6S/c13-8-5-12(11-9(8)10(14)15)6-2-1-3-7(4-6)19(16,17)18/h1-4H,5H2,(H,14,15)(H,16,17,18). The van der Waals surface area contributed by atoms with E-state index in [0.717, 1.165) is 11.1 Å². The van der Waals surface area contributed by atoms with Crippen LogP contribution in [0.2, 0.25) is 0 Å². The van der Waals surface area contributed by atoms with Gasteiger partial charge in [0.15, 0.2) is 0 Å². The van der Waals surface area contributed by atoms with Gasteiger partial charge < -0.3 is 5.11 Å². The summed E-state index contributed by atoms with van der Waals surface area (Å²) in [5, 5.41) is 13.4. The van der Waals surface area contributed by atoms with Crippen molar-refractivity contribution < 1.29 is 27.7 Å². The van der Waals surface area contributed by atoms with Crippen LogP contribution in [-0.2, 0) is 19.7 Å². The number of carbonyl (C=O) groups is 2. The molecule has 0 amide bonds. The number of hydrogen-bond donors (Lipinski definition) is 2. The maximum atomic E-state index is 11.4. The summed E-state index contributed by atoms with van der Waals surface area (Å²) in [5.41, 5.74) is -0.419. The first-order chi connectivity index (χ1) is 8.79. The van der Waals surface area contributed by atoms with Gasteiger partial charge in [0.2, 0.25) is 11.5 Å². The van der Waals surface area contributed by atoms with Crippen LogP contribution in [-0.4, -0.2) is 42.1 Å². The van der Waals surface area contributed by atoms with Crippen LogP contribution in [0.1, 0.15) is 0 Å². The lowest BCUT2D eigenvalue weighted by Crippen LogP contribution is -2.23. The fourth-order valence-electron chi connectivity index (χ4n) is 1.54. The number of hydrogen-bond acceptors (Lipinski definition) is 6.